The number of aliphatic hydroxyl groups excluding tert-OH is 1. The molecule has 1 aromatic rings. The molecule has 0 radical (unpaired) electrons. The molecule has 1 aliphatic rings. The Balaban J connectivity index is 2.13. The van der Waals surface area contributed by atoms with Crippen molar-refractivity contribution >= 4 is 10.0 Å². The summed E-state index contributed by atoms with van der Waals surface area (Å²) in [6.45, 7) is 6.92. The van der Waals surface area contributed by atoms with Gasteiger partial charge in [0, 0.05) is 32.7 Å². The molecule has 0 atom stereocenters. The maximum absolute atomic E-state index is 12.6. The molecule has 6 heteroatoms. The number of β-amino-alcohol motifs (C(OH)–C–C–N with tert-alkyl or cyclic N) is 1. The van der Waals surface area contributed by atoms with Crippen molar-refractivity contribution < 1.29 is 13.5 Å². The quantitative estimate of drug-likeness (QED) is 0.884. The minimum absolute atomic E-state index is 0.115. The second-order valence-corrected chi connectivity index (χ2v) is 7.15. The van der Waals surface area contributed by atoms with Crippen LogP contribution >= 0.6 is 0 Å². The van der Waals surface area contributed by atoms with Gasteiger partial charge in [0.2, 0.25) is 10.0 Å². The number of hydrogen-bond acceptors (Lipinski definition) is 4. The second kappa shape index (κ2) is 6.22. The van der Waals surface area contributed by atoms with E-state index in [-0.39, 0.29) is 6.61 Å². The minimum Gasteiger partial charge on any atom is -0.395 e. The van der Waals surface area contributed by atoms with Crippen molar-refractivity contribution in [3.8, 4) is 0 Å². The van der Waals surface area contributed by atoms with Crippen molar-refractivity contribution in [1.29, 1.82) is 0 Å². The number of aryl methyl sites for hydroxylation is 2. The van der Waals surface area contributed by atoms with Crippen LogP contribution in [0.1, 0.15) is 11.1 Å². The fourth-order valence-corrected chi connectivity index (χ4v) is 3.87. The number of aliphatic hydroxyl groups is 1. The first-order valence-corrected chi connectivity index (χ1v) is 8.30. The molecule has 0 spiro atoms. The monoisotopic (exact) mass is 298 g/mol. The van der Waals surface area contributed by atoms with Crippen molar-refractivity contribution in [3.05, 3.63) is 29.3 Å². The van der Waals surface area contributed by atoms with Crippen LogP contribution in [-0.4, -0.2) is 62.1 Å². The first kappa shape index (κ1) is 15.4. The van der Waals surface area contributed by atoms with Gasteiger partial charge in [-0.25, -0.2) is 8.42 Å². The van der Waals surface area contributed by atoms with Crippen LogP contribution in [0.25, 0.3) is 0 Å². The van der Waals surface area contributed by atoms with Crippen LogP contribution < -0.4 is 0 Å². The number of sulfonamides is 1. The highest BCUT2D eigenvalue weighted by atomic mass is 32.2. The zero-order chi connectivity index (χ0) is 14.8. The van der Waals surface area contributed by atoms with Gasteiger partial charge in [0.05, 0.1) is 11.5 Å². The maximum atomic E-state index is 12.6. The lowest BCUT2D eigenvalue weighted by molar-refractivity contribution is 0.151. The summed E-state index contributed by atoms with van der Waals surface area (Å²) >= 11 is 0. The molecule has 0 bridgehead atoms. The summed E-state index contributed by atoms with van der Waals surface area (Å²) in [5, 5.41) is 8.91. The normalized spacial score (nSPS) is 18.4. The average molecular weight is 298 g/mol. The van der Waals surface area contributed by atoms with E-state index in [9.17, 15) is 8.42 Å². The Hall–Kier alpha value is -0.950. The topological polar surface area (TPSA) is 60.9 Å². The smallest absolute Gasteiger partial charge is 0.243 e. The van der Waals surface area contributed by atoms with Gasteiger partial charge >= 0.3 is 0 Å². The number of benzene rings is 1. The van der Waals surface area contributed by atoms with Crippen LogP contribution in [0.15, 0.2) is 23.1 Å². The molecule has 0 aliphatic carbocycles. The first-order chi connectivity index (χ1) is 9.45. The molecular formula is C14H22N2O3S. The molecule has 1 heterocycles. The summed E-state index contributed by atoms with van der Waals surface area (Å²) in [4.78, 5) is 2.45. The summed E-state index contributed by atoms with van der Waals surface area (Å²) in [5.74, 6) is 0. The summed E-state index contributed by atoms with van der Waals surface area (Å²) < 4.78 is 26.7. The summed E-state index contributed by atoms with van der Waals surface area (Å²) in [7, 11) is -3.40. The van der Waals surface area contributed by atoms with E-state index < -0.39 is 10.0 Å². The van der Waals surface area contributed by atoms with Gasteiger partial charge in [-0.3, -0.25) is 4.90 Å². The van der Waals surface area contributed by atoms with E-state index in [4.69, 9.17) is 5.11 Å². The number of rotatable bonds is 4. The Morgan fingerprint density at radius 1 is 1.10 bits per heavy atom. The molecule has 1 saturated heterocycles. The lowest BCUT2D eigenvalue weighted by Crippen LogP contribution is -2.49. The van der Waals surface area contributed by atoms with Crippen molar-refractivity contribution in [2.45, 2.75) is 18.7 Å². The minimum atomic E-state index is -3.40. The molecule has 1 aliphatic heterocycles. The molecule has 0 amide bonds. The van der Waals surface area contributed by atoms with Gasteiger partial charge in [0.15, 0.2) is 0 Å². The molecule has 0 unspecified atom stereocenters. The van der Waals surface area contributed by atoms with Crippen LogP contribution in [0.3, 0.4) is 0 Å². The Kier molecular flexibility index (Phi) is 4.80. The van der Waals surface area contributed by atoms with Crippen molar-refractivity contribution in [2.24, 2.45) is 0 Å². The highest BCUT2D eigenvalue weighted by molar-refractivity contribution is 7.89. The number of piperazine rings is 1. The lowest BCUT2D eigenvalue weighted by Gasteiger charge is -2.33. The second-order valence-electron chi connectivity index (χ2n) is 5.22. The SMILES string of the molecule is Cc1ccc(S(=O)(=O)N2CCN(CCO)CC2)cc1C. The van der Waals surface area contributed by atoms with Gasteiger partial charge in [-0.05, 0) is 37.1 Å². The van der Waals surface area contributed by atoms with Gasteiger partial charge in [0.1, 0.15) is 0 Å². The van der Waals surface area contributed by atoms with Crippen LogP contribution in [-0.2, 0) is 10.0 Å². The lowest BCUT2D eigenvalue weighted by atomic mass is 10.1. The molecule has 1 aromatic carbocycles. The zero-order valence-corrected chi connectivity index (χ0v) is 12.9. The largest absolute Gasteiger partial charge is 0.395 e. The van der Waals surface area contributed by atoms with E-state index in [1.165, 1.54) is 4.31 Å². The third-order valence-corrected chi connectivity index (χ3v) is 5.76. The molecule has 0 saturated carbocycles. The highest BCUT2D eigenvalue weighted by Crippen LogP contribution is 2.20. The highest BCUT2D eigenvalue weighted by Gasteiger charge is 2.28. The Bertz CT molecular complexity index is 564. The molecular weight excluding hydrogens is 276 g/mol. The summed E-state index contributed by atoms with van der Waals surface area (Å²) in [5.41, 5.74) is 2.08. The molecule has 5 nitrogen and oxygen atoms in total. The van der Waals surface area contributed by atoms with Gasteiger partial charge < -0.3 is 5.11 Å². The van der Waals surface area contributed by atoms with Gasteiger partial charge in [-0.2, -0.15) is 4.31 Å². The molecule has 0 aromatic heterocycles. The van der Waals surface area contributed by atoms with Gasteiger partial charge in [0.25, 0.3) is 0 Å². The van der Waals surface area contributed by atoms with Gasteiger partial charge in [-0.15, -0.1) is 0 Å². The standard InChI is InChI=1S/C14H22N2O3S/c1-12-3-4-14(11-13(12)2)20(18,19)16-7-5-15(6-8-16)9-10-17/h3-4,11,17H,5-10H2,1-2H3. The van der Waals surface area contributed by atoms with Crippen LogP contribution in [0.5, 0.6) is 0 Å². The van der Waals surface area contributed by atoms with E-state index in [0.29, 0.717) is 37.6 Å². The van der Waals surface area contributed by atoms with E-state index in [2.05, 4.69) is 4.90 Å². The van der Waals surface area contributed by atoms with Gasteiger partial charge in [-0.1, -0.05) is 6.07 Å². The maximum Gasteiger partial charge on any atom is 0.243 e. The molecule has 1 fully saturated rings. The average Bonchev–Trinajstić information content (AvgIpc) is 2.43. The van der Waals surface area contributed by atoms with E-state index in [1.807, 2.05) is 19.9 Å². The van der Waals surface area contributed by atoms with E-state index in [1.54, 1.807) is 12.1 Å². The Labute approximate surface area is 120 Å². The molecule has 1 N–H and O–H groups in total. The van der Waals surface area contributed by atoms with Crippen molar-refractivity contribution in [3.63, 3.8) is 0 Å². The molecule has 2 rings (SSSR count). The summed E-state index contributed by atoms with van der Waals surface area (Å²) in [6.07, 6.45) is 0. The molecule has 20 heavy (non-hydrogen) atoms. The van der Waals surface area contributed by atoms with Crippen molar-refractivity contribution in [1.82, 2.24) is 9.21 Å². The molecule has 112 valence electrons. The van der Waals surface area contributed by atoms with Crippen LogP contribution in [0, 0.1) is 13.8 Å². The third-order valence-electron chi connectivity index (χ3n) is 3.86. The van der Waals surface area contributed by atoms with E-state index in [0.717, 1.165) is 11.1 Å². The Morgan fingerprint density at radius 2 is 1.75 bits per heavy atom. The third kappa shape index (κ3) is 3.20. The fraction of sp³-hybridized carbons (Fsp3) is 0.571. The predicted octanol–water partition coefficient (Wildman–Crippen LogP) is 0.602. The first-order valence-electron chi connectivity index (χ1n) is 6.86. The van der Waals surface area contributed by atoms with Crippen LogP contribution in [0.4, 0.5) is 0 Å². The fourth-order valence-electron chi connectivity index (χ4n) is 2.36. The number of nitrogens with zero attached hydrogens (tertiary/aromatic N) is 2. The van der Waals surface area contributed by atoms with E-state index >= 15 is 0 Å². The number of hydrogen-bond donors (Lipinski definition) is 1. The predicted molar refractivity (Wildman–Crippen MR) is 78.2 cm³/mol. The van der Waals surface area contributed by atoms with Crippen molar-refractivity contribution in [2.75, 3.05) is 39.3 Å². The van der Waals surface area contributed by atoms with Crippen LogP contribution in [0.2, 0.25) is 0 Å². The zero-order valence-electron chi connectivity index (χ0n) is 12.0. The summed E-state index contributed by atoms with van der Waals surface area (Å²) in [6, 6.07) is 5.27. The Morgan fingerprint density at radius 3 is 2.30 bits per heavy atom.